The molecule has 1 unspecified atom stereocenters. The first kappa shape index (κ1) is 17.7. The third kappa shape index (κ3) is 5.85. The van der Waals surface area contributed by atoms with Crippen LogP contribution in [0.3, 0.4) is 0 Å². The molecule has 0 saturated carbocycles. The number of rotatable bonds is 7. The first-order valence-corrected chi connectivity index (χ1v) is 9.03. The lowest BCUT2D eigenvalue weighted by Gasteiger charge is -2.23. The van der Waals surface area contributed by atoms with Gasteiger partial charge in [-0.2, -0.15) is 0 Å². The number of nitrogens with one attached hydrogen (secondary N) is 1. The molecule has 6 heteroatoms. The summed E-state index contributed by atoms with van der Waals surface area (Å²) in [5.41, 5.74) is 6.56. The number of carbonyl (C=O) groups is 1. The first-order valence-electron chi connectivity index (χ1n) is 6.97. The summed E-state index contributed by atoms with van der Waals surface area (Å²) in [6.45, 7) is 3.95. The van der Waals surface area contributed by atoms with Gasteiger partial charge in [-0.05, 0) is 24.5 Å². The van der Waals surface area contributed by atoms with Crippen LogP contribution in [-0.4, -0.2) is 26.1 Å². The van der Waals surface area contributed by atoms with Crippen LogP contribution in [-0.2, 0) is 26.9 Å². The summed E-state index contributed by atoms with van der Waals surface area (Å²) in [5, 5.41) is 2.79. The van der Waals surface area contributed by atoms with E-state index in [1.807, 2.05) is 19.1 Å². The second-order valence-electron chi connectivity index (χ2n) is 5.69. The van der Waals surface area contributed by atoms with E-state index in [9.17, 15) is 13.2 Å². The molecule has 0 radical (unpaired) electrons. The van der Waals surface area contributed by atoms with Gasteiger partial charge in [0.15, 0.2) is 9.84 Å². The van der Waals surface area contributed by atoms with Gasteiger partial charge in [0.2, 0.25) is 5.91 Å². The SMILES string of the molecule is CCCC(C)(N)C(=O)NCc1ccccc1CS(C)(=O)=O. The molecule has 0 aromatic heterocycles. The normalized spacial score (nSPS) is 14.5. The smallest absolute Gasteiger partial charge is 0.240 e. The van der Waals surface area contributed by atoms with Crippen LogP contribution >= 0.6 is 0 Å². The third-order valence-corrected chi connectivity index (χ3v) is 4.10. The summed E-state index contributed by atoms with van der Waals surface area (Å²) < 4.78 is 22.9. The highest BCUT2D eigenvalue weighted by Gasteiger charge is 2.26. The molecule has 5 nitrogen and oxygen atoms in total. The monoisotopic (exact) mass is 312 g/mol. The standard InChI is InChI=1S/C15H24N2O3S/c1-4-9-15(2,16)14(18)17-10-12-7-5-6-8-13(12)11-21(3,19)20/h5-8H,4,9-11,16H2,1-3H3,(H,17,18). The first-order chi connectivity index (χ1) is 9.65. The molecule has 1 atom stereocenters. The van der Waals surface area contributed by atoms with E-state index >= 15 is 0 Å². The van der Waals surface area contributed by atoms with Gasteiger partial charge in [-0.1, -0.05) is 37.6 Å². The highest BCUT2D eigenvalue weighted by atomic mass is 32.2. The summed E-state index contributed by atoms with van der Waals surface area (Å²) in [6.07, 6.45) is 2.62. The molecule has 0 aliphatic carbocycles. The second-order valence-corrected chi connectivity index (χ2v) is 7.83. The Balaban J connectivity index is 2.78. The van der Waals surface area contributed by atoms with Crippen LogP contribution in [0.2, 0.25) is 0 Å². The summed E-state index contributed by atoms with van der Waals surface area (Å²) in [5.74, 6) is -0.257. The Morgan fingerprint density at radius 3 is 2.38 bits per heavy atom. The van der Waals surface area contributed by atoms with Crippen molar-refractivity contribution in [1.29, 1.82) is 0 Å². The summed E-state index contributed by atoms with van der Waals surface area (Å²) in [4.78, 5) is 12.1. The van der Waals surface area contributed by atoms with Crippen LogP contribution in [0.4, 0.5) is 0 Å². The average molecular weight is 312 g/mol. The van der Waals surface area contributed by atoms with Gasteiger partial charge in [-0.3, -0.25) is 4.79 Å². The molecule has 1 amide bonds. The molecule has 0 saturated heterocycles. The summed E-state index contributed by atoms with van der Waals surface area (Å²) in [7, 11) is -3.11. The van der Waals surface area contributed by atoms with Crippen LogP contribution in [0.1, 0.15) is 37.8 Å². The molecule has 0 aliphatic heterocycles. The number of hydrogen-bond donors (Lipinski definition) is 2. The van der Waals surface area contributed by atoms with Crippen LogP contribution in [0.15, 0.2) is 24.3 Å². The van der Waals surface area contributed by atoms with E-state index in [0.29, 0.717) is 12.0 Å². The predicted octanol–water partition coefficient (Wildman–Crippen LogP) is 1.36. The van der Waals surface area contributed by atoms with Crippen molar-refractivity contribution in [2.24, 2.45) is 5.73 Å². The van der Waals surface area contributed by atoms with E-state index in [0.717, 1.165) is 12.0 Å². The molecule has 1 rings (SSSR count). The quantitative estimate of drug-likeness (QED) is 0.795. The molecule has 0 heterocycles. The van der Waals surface area contributed by atoms with Gasteiger partial charge in [-0.25, -0.2) is 8.42 Å². The van der Waals surface area contributed by atoms with Gasteiger partial charge >= 0.3 is 0 Å². The summed E-state index contributed by atoms with van der Waals surface area (Å²) >= 11 is 0. The topological polar surface area (TPSA) is 89.3 Å². The van der Waals surface area contributed by atoms with Gasteiger partial charge in [0.05, 0.1) is 11.3 Å². The van der Waals surface area contributed by atoms with E-state index in [1.54, 1.807) is 19.1 Å². The maximum absolute atomic E-state index is 12.1. The fraction of sp³-hybridized carbons (Fsp3) is 0.533. The number of sulfone groups is 1. The lowest BCUT2D eigenvalue weighted by Crippen LogP contribution is -2.51. The maximum atomic E-state index is 12.1. The molecule has 1 aromatic carbocycles. The van der Waals surface area contributed by atoms with E-state index in [1.165, 1.54) is 6.26 Å². The average Bonchev–Trinajstić information content (AvgIpc) is 2.35. The van der Waals surface area contributed by atoms with Crippen molar-refractivity contribution in [3.63, 3.8) is 0 Å². The van der Waals surface area contributed by atoms with Gasteiger partial charge in [0, 0.05) is 12.8 Å². The Kier molecular flexibility index (Phi) is 5.92. The molecule has 0 spiro atoms. The number of benzene rings is 1. The van der Waals surface area contributed by atoms with Crippen molar-refractivity contribution in [3.8, 4) is 0 Å². The van der Waals surface area contributed by atoms with Gasteiger partial charge in [-0.15, -0.1) is 0 Å². The fourth-order valence-corrected chi connectivity index (χ4v) is 3.01. The Labute approximate surface area is 126 Å². The largest absolute Gasteiger partial charge is 0.350 e. The van der Waals surface area contributed by atoms with Gasteiger partial charge in [0.25, 0.3) is 0 Å². The highest BCUT2D eigenvalue weighted by molar-refractivity contribution is 7.89. The molecular formula is C15H24N2O3S. The van der Waals surface area contributed by atoms with Crippen molar-refractivity contribution in [2.45, 2.75) is 44.5 Å². The zero-order valence-electron chi connectivity index (χ0n) is 12.8. The van der Waals surface area contributed by atoms with Crippen LogP contribution in [0, 0.1) is 0 Å². The molecule has 0 fully saturated rings. The van der Waals surface area contributed by atoms with Gasteiger partial charge in [0.1, 0.15) is 0 Å². The Hall–Kier alpha value is -1.40. The molecule has 0 bridgehead atoms. The minimum Gasteiger partial charge on any atom is -0.350 e. The number of nitrogens with two attached hydrogens (primary N) is 1. The zero-order valence-corrected chi connectivity index (χ0v) is 13.7. The van der Waals surface area contributed by atoms with Gasteiger partial charge < -0.3 is 11.1 Å². The second kappa shape index (κ2) is 7.04. The molecule has 0 aliphatic rings. The lowest BCUT2D eigenvalue weighted by atomic mass is 9.96. The van der Waals surface area contributed by atoms with Crippen LogP contribution in [0.5, 0.6) is 0 Å². The Morgan fingerprint density at radius 2 is 1.86 bits per heavy atom. The van der Waals surface area contributed by atoms with Crippen LogP contribution < -0.4 is 11.1 Å². The van der Waals surface area contributed by atoms with Crippen molar-refractivity contribution in [1.82, 2.24) is 5.32 Å². The Morgan fingerprint density at radius 1 is 1.29 bits per heavy atom. The third-order valence-electron chi connectivity index (χ3n) is 3.26. The lowest BCUT2D eigenvalue weighted by molar-refractivity contribution is -0.126. The Bertz CT molecular complexity index is 595. The van der Waals surface area contributed by atoms with Crippen molar-refractivity contribution in [2.75, 3.05) is 6.26 Å². The van der Waals surface area contributed by atoms with Crippen LogP contribution in [0.25, 0.3) is 0 Å². The summed E-state index contributed by atoms with van der Waals surface area (Å²) in [6, 6.07) is 7.18. The zero-order chi connectivity index (χ0) is 16.1. The highest BCUT2D eigenvalue weighted by Crippen LogP contribution is 2.13. The predicted molar refractivity (Wildman–Crippen MR) is 84.3 cm³/mol. The molecule has 1 aromatic rings. The minimum absolute atomic E-state index is 0.0338. The maximum Gasteiger partial charge on any atom is 0.240 e. The molecule has 3 N–H and O–H groups in total. The molecule has 21 heavy (non-hydrogen) atoms. The number of carbonyl (C=O) groups excluding carboxylic acids is 1. The van der Waals surface area contributed by atoms with Crippen molar-refractivity contribution in [3.05, 3.63) is 35.4 Å². The van der Waals surface area contributed by atoms with E-state index in [4.69, 9.17) is 5.73 Å². The molecule has 118 valence electrons. The molecular weight excluding hydrogens is 288 g/mol. The van der Waals surface area contributed by atoms with E-state index in [2.05, 4.69) is 5.32 Å². The van der Waals surface area contributed by atoms with Crippen molar-refractivity contribution >= 4 is 15.7 Å². The van der Waals surface area contributed by atoms with E-state index < -0.39 is 15.4 Å². The van der Waals surface area contributed by atoms with E-state index in [-0.39, 0.29) is 18.2 Å². The van der Waals surface area contributed by atoms with Crippen molar-refractivity contribution < 1.29 is 13.2 Å². The number of hydrogen-bond acceptors (Lipinski definition) is 4. The number of amides is 1. The fourth-order valence-electron chi connectivity index (χ4n) is 2.16. The minimum atomic E-state index is -3.11.